The lowest BCUT2D eigenvalue weighted by atomic mass is 10.0. The molecule has 0 aliphatic rings. The van der Waals surface area contributed by atoms with E-state index in [1.165, 1.54) is 0 Å². The van der Waals surface area contributed by atoms with Crippen molar-refractivity contribution in [2.24, 2.45) is 0 Å². The lowest BCUT2D eigenvalue weighted by Crippen LogP contribution is -2.03. The summed E-state index contributed by atoms with van der Waals surface area (Å²) in [5, 5.41) is 9.44. The van der Waals surface area contributed by atoms with Crippen LogP contribution in [0.15, 0.2) is 18.2 Å². The second kappa shape index (κ2) is 5.01. The zero-order valence-corrected chi connectivity index (χ0v) is 8.55. The molecular weight excluding hydrogens is 200 g/mol. The van der Waals surface area contributed by atoms with E-state index in [0.717, 1.165) is 12.8 Å². The highest BCUT2D eigenvalue weighted by molar-refractivity contribution is 6.31. The first-order chi connectivity index (χ1) is 6.66. The molecule has 1 aromatic rings. The molecule has 75 valence electrons. The largest absolute Gasteiger partial charge is 0.478 e. The van der Waals surface area contributed by atoms with E-state index in [1.807, 2.05) is 0 Å². The van der Waals surface area contributed by atoms with Crippen LogP contribution in [0.25, 0.3) is 0 Å². The first-order valence-corrected chi connectivity index (χ1v) is 4.84. The van der Waals surface area contributed by atoms with E-state index in [9.17, 15) is 4.79 Å². The highest BCUT2D eigenvalue weighted by Crippen LogP contribution is 2.22. The molecule has 3 heteroatoms. The third-order valence-corrected chi connectivity index (χ3v) is 2.38. The van der Waals surface area contributed by atoms with Gasteiger partial charge in [0, 0.05) is 5.02 Å². The number of hydrogen-bond acceptors (Lipinski definition) is 1. The molecule has 1 rings (SSSR count). The molecule has 0 saturated carbocycles. The first-order valence-electron chi connectivity index (χ1n) is 4.46. The molecule has 2 nitrogen and oxygen atoms in total. The zero-order valence-electron chi connectivity index (χ0n) is 7.79. The van der Waals surface area contributed by atoms with E-state index in [0.29, 0.717) is 22.6 Å². The topological polar surface area (TPSA) is 37.3 Å². The van der Waals surface area contributed by atoms with Gasteiger partial charge in [-0.25, -0.2) is 4.79 Å². The van der Waals surface area contributed by atoms with E-state index < -0.39 is 5.97 Å². The molecule has 14 heavy (non-hydrogen) atoms. The second-order valence-corrected chi connectivity index (χ2v) is 3.44. The molecule has 0 saturated heterocycles. The van der Waals surface area contributed by atoms with Gasteiger partial charge in [-0.3, -0.25) is 0 Å². The van der Waals surface area contributed by atoms with Crippen molar-refractivity contribution >= 4 is 17.6 Å². The summed E-state index contributed by atoms with van der Waals surface area (Å²) >= 11 is 5.93. The number of hydrogen-bond donors (Lipinski definition) is 1. The van der Waals surface area contributed by atoms with Crippen molar-refractivity contribution < 1.29 is 9.90 Å². The van der Waals surface area contributed by atoms with Crippen LogP contribution >= 0.6 is 11.6 Å². The number of carboxylic acid groups (broad SMARTS) is 1. The average molecular weight is 212 g/mol. The molecule has 1 N–H and O–H groups in total. The van der Waals surface area contributed by atoms with Gasteiger partial charge in [0.15, 0.2) is 0 Å². The molecular formula is C11H12ClO2. The SMILES string of the molecule is [CH2]CCCc1c(Cl)cccc1C(=O)O. The summed E-state index contributed by atoms with van der Waals surface area (Å²) in [5.41, 5.74) is 1.01. The summed E-state index contributed by atoms with van der Waals surface area (Å²) in [6, 6.07) is 4.94. The Balaban J connectivity index is 3.02. The molecule has 0 fully saturated rings. The number of carboxylic acids is 1. The summed E-state index contributed by atoms with van der Waals surface area (Å²) in [4.78, 5) is 10.9. The Labute approximate surface area is 88.5 Å². The predicted octanol–water partition coefficient (Wildman–Crippen LogP) is 3.19. The average Bonchev–Trinajstić information content (AvgIpc) is 2.15. The Hall–Kier alpha value is -1.02. The zero-order chi connectivity index (χ0) is 10.6. The molecule has 0 aliphatic carbocycles. The van der Waals surface area contributed by atoms with Gasteiger partial charge in [0.25, 0.3) is 0 Å². The van der Waals surface area contributed by atoms with Crippen molar-refractivity contribution in [3.8, 4) is 0 Å². The fourth-order valence-electron chi connectivity index (χ4n) is 1.31. The van der Waals surface area contributed by atoms with Crippen molar-refractivity contribution in [1.29, 1.82) is 0 Å². The molecule has 1 aromatic carbocycles. The van der Waals surface area contributed by atoms with Crippen LogP contribution in [0.5, 0.6) is 0 Å². The lowest BCUT2D eigenvalue weighted by molar-refractivity contribution is 0.0695. The van der Waals surface area contributed by atoms with Crippen LogP contribution in [0.1, 0.15) is 28.8 Å². The third-order valence-electron chi connectivity index (χ3n) is 2.03. The Morgan fingerprint density at radius 3 is 2.79 bits per heavy atom. The van der Waals surface area contributed by atoms with Gasteiger partial charge >= 0.3 is 5.97 Å². The lowest BCUT2D eigenvalue weighted by Gasteiger charge is -2.06. The molecule has 0 amide bonds. The Kier molecular flexibility index (Phi) is 3.96. The maximum absolute atomic E-state index is 10.9. The summed E-state index contributed by atoms with van der Waals surface area (Å²) < 4.78 is 0. The molecule has 0 unspecified atom stereocenters. The number of benzene rings is 1. The minimum Gasteiger partial charge on any atom is -0.478 e. The van der Waals surface area contributed by atoms with E-state index in [1.54, 1.807) is 18.2 Å². The van der Waals surface area contributed by atoms with Crippen LogP contribution in [-0.4, -0.2) is 11.1 Å². The standard InChI is InChI=1S/C11H12ClO2/c1-2-3-5-8-9(11(13)14)6-4-7-10(8)12/h4,6-7H,1-3,5H2,(H,13,14). The molecule has 0 bridgehead atoms. The van der Waals surface area contributed by atoms with Crippen LogP contribution in [0.3, 0.4) is 0 Å². The molecule has 0 atom stereocenters. The highest BCUT2D eigenvalue weighted by Gasteiger charge is 2.11. The van der Waals surface area contributed by atoms with Crippen LogP contribution in [0.2, 0.25) is 5.02 Å². The number of rotatable bonds is 4. The van der Waals surface area contributed by atoms with E-state index in [-0.39, 0.29) is 0 Å². The molecule has 0 spiro atoms. The number of halogens is 1. The monoisotopic (exact) mass is 211 g/mol. The summed E-state index contributed by atoms with van der Waals surface area (Å²) in [6.45, 7) is 3.71. The third kappa shape index (κ3) is 2.48. The fourth-order valence-corrected chi connectivity index (χ4v) is 1.58. The summed E-state index contributed by atoms with van der Waals surface area (Å²) in [7, 11) is 0. The van der Waals surface area contributed by atoms with Gasteiger partial charge in [-0.05, 0) is 30.5 Å². The van der Waals surface area contributed by atoms with Gasteiger partial charge in [-0.2, -0.15) is 0 Å². The van der Waals surface area contributed by atoms with E-state index in [4.69, 9.17) is 16.7 Å². The van der Waals surface area contributed by atoms with Crippen molar-refractivity contribution in [2.45, 2.75) is 19.3 Å². The van der Waals surface area contributed by atoms with Gasteiger partial charge in [-0.1, -0.05) is 31.0 Å². The number of carbonyl (C=O) groups is 1. The minimum atomic E-state index is -0.924. The Bertz CT molecular complexity index is 334. The highest BCUT2D eigenvalue weighted by atomic mass is 35.5. The Morgan fingerprint density at radius 2 is 2.21 bits per heavy atom. The van der Waals surface area contributed by atoms with Gasteiger partial charge in [0.2, 0.25) is 0 Å². The minimum absolute atomic E-state index is 0.297. The quantitative estimate of drug-likeness (QED) is 0.831. The van der Waals surface area contributed by atoms with Gasteiger partial charge in [0.1, 0.15) is 0 Å². The van der Waals surface area contributed by atoms with Crippen LogP contribution in [-0.2, 0) is 6.42 Å². The predicted molar refractivity (Wildman–Crippen MR) is 56.7 cm³/mol. The number of aromatic carboxylic acids is 1. The summed E-state index contributed by atoms with van der Waals surface area (Å²) in [6.07, 6.45) is 2.30. The molecule has 0 aliphatic heterocycles. The van der Waals surface area contributed by atoms with E-state index in [2.05, 4.69) is 6.92 Å². The van der Waals surface area contributed by atoms with E-state index >= 15 is 0 Å². The van der Waals surface area contributed by atoms with Gasteiger partial charge in [0.05, 0.1) is 5.56 Å². The number of unbranched alkanes of at least 4 members (excludes halogenated alkanes) is 1. The molecule has 1 radical (unpaired) electrons. The van der Waals surface area contributed by atoms with Gasteiger partial charge < -0.3 is 5.11 Å². The normalized spacial score (nSPS) is 10.1. The fraction of sp³-hybridized carbons (Fsp3) is 0.273. The van der Waals surface area contributed by atoms with Crippen LogP contribution in [0, 0.1) is 6.92 Å². The van der Waals surface area contributed by atoms with Crippen molar-refractivity contribution in [3.05, 3.63) is 41.3 Å². The van der Waals surface area contributed by atoms with Gasteiger partial charge in [-0.15, -0.1) is 0 Å². The molecule has 0 aromatic heterocycles. The van der Waals surface area contributed by atoms with Crippen molar-refractivity contribution in [1.82, 2.24) is 0 Å². The Morgan fingerprint density at radius 1 is 1.50 bits per heavy atom. The smallest absolute Gasteiger partial charge is 0.336 e. The maximum atomic E-state index is 10.9. The van der Waals surface area contributed by atoms with Crippen molar-refractivity contribution in [2.75, 3.05) is 0 Å². The maximum Gasteiger partial charge on any atom is 0.336 e. The molecule has 0 heterocycles. The summed E-state index contributed by atoms with van der Waals surface area (Å²) in [5.74, 6) is -0.924. The van der Waals surface area contributed by atoms with Crippen LogP contribution < -0.4 is 0 Å². The second-order valence-electron chi connectivity index (χ2n) is 3.03. The van der Waals surface area contributed by atoms with Crippen molar-refractivity contribution in [3.63, 3.8) is 0 Å². The first kappa shape index (κ1) is 11.1. The van der Waals surface area contributed by atoms with Crippen LogP contribution in [0.4, 0.5) is 0 Å².